The smallest absolute Gasteiger partial charge is 0.0713 e. The summed E-state index contributed by atoms with van der Waals surface area (Å²) in [4.78, 5) is 0. The summed E-state index contributed by atoms with van der Waals surface area (Å²) in [5.74, 6) is 0. The maximum absolute atomic E-state index is 8.85. The van der Waals surface area contributed by atoms with E-state index in [0.717, 1.165) is 0 Å². The van der Waals surface area contributed by atoms with Gasteiger partial charge in [-0.25, -0.2) is 0 Å². The second kappa shape index (κ2) is 3.24. The molecule has 2 nitrogen and oxygen atoms in total. The summed E-state index contributed by atoms with van der Waals surface area (Å²) in [6.45, 7) is 0.646. The summed E-state index contributed by atoms with van der Waals surface area (Å²) in [5, 5.41) is 8.85. The van der Waals surface area contributed by atoms with Crippen molar-refractivity contribution in [2.24, 2.45) is 5.73 Å². The Balaban J connectivity index is 0. The second-order valence-corrected chi connectivity index (χ2v) is 1.70. The van der Waals surface area contributed by atoms with E-state index in [1.807, 2.05) is 0 Å². The molecule has 46 valence electrons. The van der Waals surface area contributed by atoms with Gasteiger partial charge in [0.25, 0.3) is 0 Å². The van der Waals surface area contributed by atoms with Crippen LogP contribution in [0.5, 0.6) is 0 Å². The van der Waals surface area contributed by atoms with Crippen LogP contribution in [-0.2, 0) is 0 Å². The van der Waals surface area contributed by atoms with E-state index in [2.05, 4.69) is 0 Å². The average Bonchev–Trinajstić information content (AvgIpc) is 1.25. The van der Waals surface area contributed by atoms with Crippen molar-refractivity contribution in [1.82, 2.24) is 0 Å². The highest BCUT2D eigenvalue weighted by atomic mass is 35.5. The minimum absolute atomic E-state index is 0. The molecule has 0 atom stereocenters. The highest BCUT2D eigenvalue weighted by molar-refractivity contribution is 5.85. The van der Waals surface area contributed by atoms with Crippen LogP contribution in [0.3, 0.4) is 0 Å². The number of halogens is 1. The summed E-state index contributed by atoms with van der Waals surface area (Å²) in [5.41, 5.74) is 3.44. The lowest BCUT2D eigenvalue weighted by Gasteiger charge is -2.11. The van der Waals surface area contributed by atoms with Crippen molar-refractivity contribution >= 4 is 12.4 Å². The molecule has 0 aliphatic rings. The van der Waals surface area contributed by atoms with Crippen molar-refractivity contribution in [3.05, 3.63) is 0 Å². The molecule has 0 aromatic heterocycles. The maximum Gasteiger partial charge on any atom is 0.0713 e. The SMILES string of the molecule is Cl.[2H]C([2H])(N)C(C)(C)O. The normalized spacial score (nSPS) is 16.6. The lowest BCUT2D eigenvalue weighted by atomic mass is 10.1. The first-order chi connectivity index (χ1) is 3.25. The Hall–Kier alpha value is 0.210. The molecule has 0 rings (SSSR count). The predicted molar refractivity (Wildman–Crippen MR) is 32.6 cm³/mol. The molecule has 0 saturated heterocycles. The third-order valence-electron chi connectivity index (χ3n) is 0.353. The first kappa shape index (κ1) is 5.35. The van der Waals surface area contributed by atoms with Crippen LogP contribution in [0.15, 0.2) is 0 Å². The third-order valence-corrected chi connectivity index (χ3v) is 0.353. The van der Waals surface area contributed by atoms with E-state index in [1.54, 1.807) is 0 Å². The fraction of sp³-hybridized carbons (Fsp3) is 1.00. The Labute approximate surface area is 52.9 Å². The number of hydrogen-bond acceptors (Lipinski definition) is 2. The Morgan fingerprint density at radius 1 is 1.86 bits per heavy atom. The molecule has 0 heterocycles. The van der Waals surface area contributed by atoms with Gasteiger partial charge in [0.05, 0.1) is 5.60 Å². The van der Waals surface area contributed by atoms with E-state index in [0.29, 0.717) is 0 Å². The summed E-state index contributed by atoms with van der Waals surface area (Å²) < 4.78 is 13.6. The zero-order valence-electron chi connectivity index (χ0n) is 6.43. The van der Waals surface area contributed by atoms with Crippen molar-refractivity contribution in [1.29, 1.82) is 0 Å². The topological polar surface area (TPSA) is 46.2 Å². The van der Waals surface area contributed by atoms with Gasteiger partial charge in [0, 0.05) is 9.24 Å². The Kier molecular flexibility index (Phi) is 2.48. The molecule has 0 saturated carbocycles. The van der Waals surface area contributed by atoms with E-state index < -0.39 is 12.1 Å². The van der Waals surface area contributed by atoms with Gasteiger partial charge in [0.1, 0.15) is 0 Å². The fourth-order valence-electron chi connectivity index (χ4n) is 0. The molecule has 0 bridgehead atoms. The van der Waals surface area contributed by atoms with Crippen LogP contribution >= 0.6 is 12.4 Å². The monoisotopic (exact) mass is 127 g/mol. The molecule has 0 aromatic carbocycles. The van der Waals surface area contributed by atoms with Gasteiger partial charge in [-0.2, -0.15) is 0 Å². The van der Waals surface area contributed by atoms with Gasteiger partial charge in [-0.15, -0.1) is 12.4 Å². The summed E-state index contributed by atoms with van der Waals surface area (Å²) >= 11 is 0. The van der Waals surface area contributed by atoms with Crippen molar-refractivity contribution < 1.29 is 7.85 Å². The van der Waals surface area contributed by atoms with Gasteiger partial charge in [-0.1, -0.05) is 0 Å². The van der Waals surface area contributed by atoms with Crippen LogP contribution in [-0.4, -0.2) is 17.2 Å². The van der Waals surface area contributed by atoms with Gasteiger partial charge in [-0.05, 0) is 13.8 Å². The van der Waals surface area contributed by atoms with Gasteiger partial charge in [-0.3, -0.25) is 0 Å². The second-order valence-electron chi connectivity index (χ2n) is 1.70. The lowest BCUT2D eigenvalue weighted by Crippen LogP contribution is -2.29. The van der Waals surface area contributed by atoms with E-state index in [4.69, 9.17) is 13.6 Å². The number of rotatable bonds is 1. The van der Waals surface area contributed by atoms with Crippen molar-refractivity contribution in [2.45, 2.75) is 19.4 Å². The largest absolute Gasteiger partial charge is 0.389 e. The zero-order chi connectivity index (χ0) is 7.00. The average molecular weight is 128 g/mol. The molecule has 0 spiro atoms. The minimum atomic E-state index is -2.01. The molecule has 0 amide bonds. The summed E-state index contributed by atoms with van der Waals surface area (Å²) in [6.07, 6.45) is 0. The Morgan fingerprint density at radius 2 is 2.00 bits per heavy atom. The van der Waals surface area contributed by atoms with Gasteiger partial charge >= 0.3 is 0 Å². The number of aliphatic hydroxyl groups is 1. The predicted octanol–water partition coefficient (Wildman–Crippen LogP) is 0.138. The molecular weight excluding hydrogens is 114 g/mol. The maximum atomic E-state index is 8.85. The first-order valence-electron chi connectivity index (χ1n) is 2.76. The number of nitrogens with two attached hydrogens (primary N) is 1. The van der Waals surface area contributed by atoms with Crippen molar-refractivity contribution in [3.8, 4) is 0 Å². The molecule has 3 N–H and O–H groups in total. The van der Waals surface area contributed by atoms with E-state index >= 15 is 0 Å². The molecular formula is C4H12ClNO. The Bertz CT molecular complexity index is 73.5. The van der Waals surface area contributed by atoms with Crippen LogP contribution < -0.4 is 5.73 Å². The summed E-state index contributed by atoms with van der Waals surface area (Å²) in [7, 11) is 0. The first-order valence-corrected chi connectivity index (χ1v) is 1.76. The highest BCUT2D eigenvalue weighted by Gasteiger charge is 2.06. The standard InChI is InChI=1S/C4H11NO.ClH/c1-4(2,6)3-5;/h6H,3,5H2,1-2H3;1H/i3D2;. The minimum Gasteiger partial charge on any atom is -0.389 e. The zero-order valence-corrected chi connectivity index (χ0v) is 5.25. The molecule has 7 heavy (non-hydrogen) atoms. The van der Waals surface area contributed by atoms with E-state index in [-0.39, 0.29) is 12.4 Å². The van der Waals surface area contributed by atoms with Crippen LogP contribution in [0.2, 0.25) is 0 Å². The molecule has 0 unspecified atom stereocenters. The molecule has 0 aliphatic heterocycles. The quantitative estimate of drug-likeness (QED) is 0.527. The molecule has 0 fully saturated rings. The van der Waals surface area contributed by atoms with Crippen LogP contribution in [0.1, 0.15) is 16.6 Å². The van der Waals surface area contributed by atoms with Gasteiger partial charge in [0.2, 0.25) is 0 Å². The van der Waals surface area contributed by atoms with Crippen LogP contribution in [0, 0.1) is 0 Å². The van der Waals surface area contributed by atoms with Crippen LogP contribution in [0.4, 0.5) is 0 Å². The van der Waals surface area contributed by atoms with Crippen LogP contribution in [0.25, 0.3) is 0 Å². The highest BCUT2D eigenvalue weighted by Crippen LogP contribution is 1.93. The van der Waals surface area contributed by atoms with E-state index in [9.17, 15) is 0 Å². The molecule has 3 heteroatoms. The Morgan fingerprint density at radius 3 is 2.00 bits per heavy atom. The van der Waals surface area contributed by atoms with Gasteiger partial charge in [0.15, 0.2) is 0 Å². The lowest BCUT2D eigenvalue weighted by molar-refractivity contribution is 0.0898. The molecule has 0 aliphatic carbocycles. The fourth-order valence-corrected chi connectivity index (χ4v) is 0. The number of hydrogen-bond donors (Lipinski definition) is 2. The van der Waals surface area contributed by atoms with Crippen molar-refractivity contribution in [3.63, 3.8) is 0 Å². The molecule has 0 radical (unpaired) electrons. The molecule has 0 aromatic rings. The third kappa shape index (κ3) is 10.7. The summed E-state index contributed by atoms with van der Waals surface area (Å²) in [6, 6.07) is 0. The van der Waals surface area contributed by atoms with Gasteiger partial charge < -0.3 is 10.8 Å². The van der Waals surface area contributed by atoms with E-state index in [1.165, 1.54) is 13.8 Å². The van der Waals surface area contributed by atoms with Crippen molar-refractivity contribution in [2.75, 3.05) is 6.50 Å².